The van der Waals surface area contributed by atoms with E-state index in [4.69, 9.17) is 5.11 Å². The summed E-state index contributed by atoms with van der Waals surface area (Å²) < 4.78 is 0. The molecule has 0 fully saturated rings. The van der Waals surface area contributed by atoms with Gasteiger partial charge in [0.15, 0.2) is 0 Å². The van der Waals surface area contributed by atoms with E-state index in [1.807, 2.05) is 24.3 Å². The van der Waals surface area contributed by atoms with Crippen molar-refractivity contribution >= 4 is 5.97 Å². The van der Waals surface area contributed by atoms with Crippen LogP contribution in [0.25, 0.3) is 0 Å². The first kappa shape index (κ1) is 14.2. The molecule has 1 unspecified atom stereocenters. The lowest BCUT2D eigenvalue weighted by Crippen LogP contribution is -2.15. The van der Waals surface area contributed by atoms with Gasteiger partial charge in [0.05, 0.1) is 11.7 Å². The first-order chi connectivity index (χ1) is 9.56. The second-order valence-electron chi connectivity index (χ2n) is 4.84. The molecule has 2 N–H and O–H groups in total. The Balaban J connectivity index is 2.03. The van der Waals surface area contributed by atoms with Crippen molar-refractivity contribution in [1.82, 2.24) is 4.98 Å². The van der Waals surface area contributed by atoms with Crippen molar-refractivity contribution in [2.24, 2.45) is 0 Å². The lowest BCUT2D eigenvalue weighted by molar-refractivity contribution is 0.0696. The van der Waals surface area contributed by atoms with Gasteiger partial charge in [-0.1, -0.05) is 18.2 Å². The Hall–Kier alpha value is -2.20. The number of aromatic carboxylic acids is 1. The molecule has 0 saturated heterocycles. The predicted molar refractivity (Wildman–Crippen MR) is 75.8 cm³/mol. The Morgan fingerprint density at radius 3 is 2.65 bits per heavy atom. The van der Waals surface area contributed by atoms with E-state index in [0.29, 0.717) is 24.0 Å². The monoisotopic (exact) mass is 271 g/mol. The van der Waals surface area contributed by atoms with Gasteiger partial charge in [-0.25, -0.2) is 4.79 Å². The topological polar surface area (TPSA) is 70.4 Å². The summed E-state index contributed by atoms with van der Waals surface area (Å²) in [7, 11) is 0. The van der Waals surface area contributed by atoms with Crippen LogP contribution >= 0.6 is 0 Å². The van der Waals surface area contributed by atoms with Gasteiger partial charge < -0.3 is 10.2 Å². The number of pyridine rings is 1. The smallest absolute Gasteiger partial charge is 0.335 e. The Bertz CT molecular complexity index is 596. The number of hydrogen-bond donors (Lipinski definition) is 2. The van der Waals surface area contributed by atoms with Gasteiger partial charge in [0.1, 0.15) is 0 Å². The molecule has 0 aliphatic heterocycles. The van der Waals surface area contributed by atoms with Crippen molar-refractivity contribution in [3.8, 4) is 0 Å². The van der Waals surface area contributed by atoms with Crippen LogP contribution < -0.4 is 0 Å². The van der Waals surface area contributed by atoms with Crippen LogP contribution in [0.15, 0.2) is 42.6 Å². The van der Waals surface area contributed by atoms with E-state index in [9.17, 15) is 9.90 Å². The lowest BCUT2D eigenvalue weighted by Gasteiger charge is -2.11. The lowest BCUT2D eigenvalue weighted by atomic mass is 9.99. The minimum atomic E-state index is -0.928. The van der Waals surface area contributed by atoms with E-state index in [0.717, 1.165) is 11.3 Å². The minimum Gasteiger partial charge on any atom is -0.478 e. The van der Waals surface area contributed by atoms with Crippen LogP contribution in [0.2, 0.25) is 0 Å². The van der Waals surface area contributed by atoms with Crippen LogP contribution in [0.5, 0.6) is 0 Å². The molecule has 0 aliphatic carbocycles. The fraction of sp³-hybridized carbons (Fsp3) is 0.250. The molecule has 0 saturated carbocycles. The maximum Gasteiger partial charge on any atom is 0.335 e. The number of nitrogens with zero attached hydrogens (tertiary/aromatic N) is 1. The molecule has 2 rings (SSSR count). The summed E-state index contributed by atoms with van der Waals surface area (Å²) in [5, 5.41) is 19.0. The largest absolute Gasteiger partial charge is 0.478 e. The maximum absolute atomic E-state index is 10.9. The molecule has 1 aromatic carbocycles. The highest BCUT2D eigenvalue weighted by Crippen LogP contribution is 2.14. The van der Waals surface area contributed by atoms with Gasteiger partial charge in [-0.05, 0) is 42.7 Å². The zero-order valence-electron chi connectivity index (χ0n) is 11.3. The highest BCUT2D eigenvalue weighted by atomic mass is 16.4. The molecule has 1 atom stereocenters. The number of rotatable bonds is 5. The molecule has 4 nitrogen and oxygen atoms in total. The quantitative estimate of drug-likeness (QED) is 0.875. The Morgan fingerprint density at radius 1 is 1.25 bits per heavy atom. The van der Waals surface area contributed by atoms with Gasteiger partial charge in [0, 0.05) is 18.3 Å². The third kappa shape index (κ3) is 3.65. The molecule has 4 heteroatoms. The SMILES string of the molecule is Cc1cc(CC(O)Cc2ccccn2)ccc1C(=O)O. The highest BCUT2D eigenvalue weighted by molar-refractivity contribution is 5.89. The van der Waals surface area contributed by atoms with Crippen molar-refractivity contribution in [3.05, 3.63) is 65.0 Å². The number of hydrogen-bond acceptors (Lipinski definition) is 3. The first-order valence-corrected chi connectivity index (χ1v) is 6.47. The molecule has 0 bridgehead atoms. The summed E-state index contributed by atoms with van der Waals surface area (Å²) in [6, 6.07) is 10.7. The molecule has 20 heavy (non-hydrogen) atoms. The van der Waals surface area contributed by atoms with Crippen molar-refractivity contribution in [2.75, 3.05) is 0 Å². The van der Waals surface area contributed by atoms with E-state index in [-0.39, 0.29) is 0 Å². The average Bonchev–Trinajstić information content (AvgIpc) is 2.39. The fourth-order valence-electron chi connectivity index (χ4n) is 2.20. The standard InChI is InChI=1S/C16H17NO3/c1-11-8-12(5-6-15(11)16(19)20)9-14(18)10-13-4-2-3-7-17-13/h2-8,14,18H,9-10H2,1H3,(H,19,20). The summed E-state index contributed by atoms with van der Waals surface area (Å²) >= 11 is 0. The van der Waals surface area contributed by atoms with Crippen molar-refractivity contribution < 1.29 is 15.0 Å². The normalized spacial score (nSPS) is 12.1. The van der Waals surface area contributed by atoms with E-state index in [2.05, 4.69) is 4.98 Å². The van der Waals surface area contributed by atoms with Gasteiger partial charge in [0.25, 0.3) is 0 Å². The second kappa shape index (κ2) is 6.30. The van der Waals surface area contributed by atoms with Crippen LogP contribution in [-0.4, -0.2) is 27.3 Å². The number of aromatic nitrogens is 1. The van der Waals surface area contributed by atoms with Crippen molar-refractivity contribution in [2.45, 2.75) is 25.9 Å². The molecule has 0 radical (unpaired) electrons. The third-order valence-electron chi connectivity index (χ3n) is 3.16. The van der Waals surface area contributed by atoms with Gasteiger partial charge in [0.2, 0.25) is 0 Å². The number of aliphatic hydroxyl groups excluding tert-OH is 1. The predicted octanol–water partition coefficient (Wildman–Crippen LogP) is 2.23. The maximum atomic E-state index is 10.9. The van der Waals surface area contributed by atoms with E-state index < -0.39 is 12.1 Å². The first-order valence-electron chi connectivity index (χ1n) is 6.47. The Morgan fingerprint density at radius 2 is 2.05 bits per heavy atom. The molecular weight excluding hydrogens is 254 g/mol. The summed E-state index contributed by atoms with van der Waals surface area (Å²) in [4.78, 5) is 15.1. The van der Waals surface area contributed by atoms with Gasteiger partial charge in [-0.15, -0.1) is 0 Å². The number of carboxylic acid groups (broad SMARTS) is 1. The van der Waals surface area contributed by atoms with E-state index in [1.54, 1.807) is 25.3 Å². The number of carbonyl (C=O) groups is 1. The zero-order valence-corrected chi connectivity index (χ0v) is 11.3. The second-order valence-corrected chi connectivity index (χ2v) is 4.84. The van der Waals surface area contributed by atoms with Crippen LogP contribution in [0.3, 0.4) is 0 Å². The van der Waals surface area contributed by atoms with Crippen molar-refractivity contribution in [3.63, 3.8) is 0 Å². The summed E-state index contributed by atoms with van der Waals surface area (Å²) in [6.07, 6.45) is 2.14. The van der Waals surface area contributed by atoms with E-state index in [1.165, 1.54) is 0 Å². The summed E-state index contributed by atoms with van der Waals surface area (Å²) in [6.45, 7) is 1.76. The minimum absolute atomic E-state index is 0.299. The molecule has 1 heterocycles. The van der Waals surface area contributed by atoms with Gasteiger partial charge in [-0.2, -0.15) is 0 Å². The molecule has 104 valence electrons. The van der Waals surface area contributed by atoms with Crippen molar-refractivity contribution in [1.29, 1.82) is 0 Å². The molecular formula is C16H17NO3. The highest BCUT2D eigenvalue weighted by Gasteiger charge is 2.11. The van der Waals surface area contributed by atoms with E-state index >= 15 is 0 Å². The Kier molecular flexibility index (Phi) is 4.48. The summed E-state index contributed by atoms with van der Waals surface area (Å²) in [5.41, 5.74) is 2.78. The molecule has 0 spiro atoms. The van der Waals surface area contributed by atoms with Gasteiger partial charge >= 0.3 is 5.97 Å². The zero-order chi connectivity index (χ0) is 14.5. The van der Waals surface area contributed by atoms with Crippen LogP contribution in [-0.2, 0) is 12.8 Å². The van der Waals surface area contributed by atoms with Crippen LogP contribution in [0, 0.1) is 6.92 Å². The molecule has 0 amide bonds. The number of benzene rings is 1. The van der Waals surface area contributed by atoms with Crippen LogP contribution in [0.1, 0.15) is 27.2 Å². The number of aryl methyl sites for hydroxylation is 1. The summed E-state index contributed by atoms with van der Waals surface area (Å²) in [5.74, 6) is -0.928. The Labute approximate surface area is 117 Å². The molecule has 2 aromatic rings. The average molecular weight is 271 g/mol. The van der Waals surface area contributed by atoms with Crippen LogP contribution in [0.4, 0.5) is 0 Å². The fourth-order valence-corrected chi connectivity index (χ4v) is 2.20. The van der Waals surface area contributed by atoms with Gasteiger partial charge in [-0.3, -0.25) is 4.98 Å². The number of carboxylic acids is 1. The number of aliphatic hydroxyl groups is 1. The molecule has 1 aromatic heterocycles. The third-order valence-corrected chi connectivity index (χ3v) is 3.16. The molecule has 0 aliphatic rings.